The quantitative estimate of drug-likeness (QED) is 0.326. The number of aromatic nitrogens is 1. The molecule has 1 aromatic heterocycles. The summed E-state index contributed by atoms with van der Waals surface area (Å²) in [6.45, 7) is 7.77. The lowest BCUT2D eigenvalue weighted by molar-refractivity contribution is 0.0371. The van der Waals surface area contributed by atoms with E-state index < -0.39 is 11.7 Å². The van der Waals surface area contributed by atoms with Crippen molar-refractivity contribution in [3.05, 3.63) is 11.1 Å². The zero-order valence-corrected chi connectivity index (χ0v) is 16.0. The highest BCUT2D eigenvalue weighted by atomic mass is 33.1. The summed E-state index contributed by atoms with van der Waals surface area (Å²) in [6, 6.07) is 0. The molecule has 0 aliphatic rings. The summed E-state index contributed by atoms with van der Waals surface area (Å²) in [5, 5.41) is 1.58. The minimum absolute atomic E-state index is 0.0958. The molecule has 0 spiro atoms. The molecule has 11 heteroatoms. The molecule has 0 amide bonds. The van der Waals surface area contributed by atoms with E-state index in [1.807, 2.05) is 0 Å². The van der Waals surface area contributed by atoms with Crippen LogP contribution in [-0.4, -0.2) is 30.3 Å². The van der Waals surface area contributed by atoms with Crippen LogP contribution in [-0.2, 0) is 17.7 Å². The van der Waals surface area contributed by atoms with Gasteiger partial charge in [-0.3, -0.25) is 0 Å². The standard InChI is InChI=1S/C11H18NO6PS3/c1-5-15-21-19(14,22-16-6-2)18-11-12-9(7-20-11)10(13)17-8(3)4/h7-8H,5-6H2,1-4H3. The van der Waals surface area contributed by atoms with Crippen LogP contribution in [0.15, 0.2) is 5.38 Å². The molecule has 0 fully saturated rings. The second-order valence-corrected chi connectivity index (χ2v) is 11.1. The lowest BCUT2D eigenvalue weighted by atomic mass is 10.4. The highest BCUT2D eigenvalue weighted by molar-refractivity contribution is 8.87. The fourth-order valence-electron chi connectivity index (χ4n) is 1.04. The molecule has 0 bridgehead atoms. The van der Waals surface area contributed by atoms with E-state index in [4.69, 9.17) is 17.6 Å². The first-order valence-corrected chi connectivity index (χ1v) is 11.7. The maximum Gasteiger partial charge on any atom is 0.413 e. The predicted molar refractivity (Wildman–Crippen MR) is 89.3 cm³/mol. The summed E-state index contributed by atoms with van der Waals surface area (Å²) in [7, 11) is 0. The monoisotopic (exact) mass is 387 g/mol. The van der Waals surface area contributed by atoms with E-state index in [-0.39, 0.29) is 17.0 Å². The van der Waals surface area contributed by atoms with Gasteiger partial charge in [-0.25, -0.2) is 9.36 Å². The van der Waals surface area contributed by atoms with Gasteiger partial charge in [0.15, 0.2) is 5.69 Å². The normalized spacial score (nSPS) is 11.7. The van der Waals surface area contributed by atoms with Gasteiger partial charge < -0.3 is 17.6 Å². The molecule has 1 aromatic rings. The molecule has 1 heterocycles. The van der Waals surface area contributed by atoms with Crippen molar-refractivity contribution in [2.75, 3.05) is 13.2 Å². The number of ether oxygens (including phenoxy) is 1. The van der Waals surface area contributed by atoms with Crippen LogP contribution in [0.4, 0.5) is 0 Å². The molecule has 22 heavy (non-hydrogen) atoms. The minimum atomic E-state index is -3.33. The Kier molecular flexibility index (Phi) is 8.81. The van der Waals surface area contributed by atoms with Crippen LogP contribution in [0.5, 0.6) is 5.19 Å². The molecular weight excluding hydrogens is 369 g/mol. The van der Waals surface area contributed by atoms with E-state index in [0.717, 1.165) is 11.3 Å². The summed E-state index contributed by atoms with van der Waals surface area (Å²) >= 11 is 2.47. The van der Waals surface area contributed by atoms with Crippen LogP contribution in [0.1, 0.15) is 38.2 Å². The van der Waals surface area contributed by atoms with Crippen LogP contribution in [0.25, 0.3) is 0 Å². The highest BCUT2D eigenvalue weighted by Crippen LogP contribution is 2.69. The van der Waals surface area contributed by atoms with Gasteiger partial charge in [-0.15, -0.1) is 0 Å². The first-order valence-electron chi connectivity index (χ1n) is 6.48. The number of rotatable bonds is 10. The second-order valence-electron chi connectivity index (χ2n) is 3.95. The molecule has 0 unspecified atom stereocenters. The van der Waals surface area contributed by atoms with E-state index in [2.05, 4.69) is 4.98 Å². The van der Waals surface area contributed by atoms with Gasteiger partial charge in [0.25, 0.3) is 5.19 Å². The van der Waals surface area contributed by atoms with Crippen molar-refractivity contribution in [2.24, 2.45) is 0 Å². The van der Waals surface area contributed by atoms with Gasteiger partial charge in [-0.2, -0.15) is 4.98 Å². The average Bonchev–Trinajstić information content (AvgIpc) is 2.91. The largest absolute Gasteiger partial charge is 0.458 e. The smallest absolute Gasteiger partial charge is 0.413 e. The average molecular weight is 387 g/mol. The summed E-state index contributed by atoms with van der Waals surface area (Å²) in [4.78, 5) is 15.7. The van der Waals surface area contributed by atoms with Gasteiger partial charge in [0.05, 0.1) is 19.3 Å². The van der Waals surface area contributed by atoms with Crippen molar-refractivity contribution < 1.29 is 27.0 Å². The number of hydrogen-bond acceptors (Lipinski definition) is 10. The Hall–Kier alpha value is -0.250. The van der Waals surface area contributed by atoms with Crippen LogP contribution in [0, 0.1) is 0 Å². The van der Waals surface area contributed by atoms with E-state index in [1.165, 1.54) is 5.38 Å². The summed E-state index contributed by atoms with van der Waals surface area (Å²) < 4.78 is 33.1. The van der Waals surface area contributed by atoms with Gasteiger partial charge in [-0.1, -0.05) is 11.3 Å². The third kappa shape index (κ3) is 6.89. The first kappa shape index (κ1) is 19.8. The van der Waals surface area contributed by atoms with Crippen LogP contribution in [0.2, 0.25) is 0 Å². The number of nitrogens with zero attached hydrogens (tertiary/aromatic N) is 1. The number of thiazole rings is 1. The molecule has 0 radical (unpaired) electrons. The van der Waals surface area contributed by atoms with Gasteiger partial charge in [-0.05, 0) is 27.7 Å². The third-order valence-electron chi connectivity index (χ3n) is 1.75. The molecular formula is C11H18NO6PS3. The summed E-state index contributed by atoms with van der Waals surface area (Å²) in [5.41, 5.74) is 0.114. The Morgan fingerprint density at radius 1 is 1.32 bits per heavy atom. The molecule has 7 nitrogen and oxygen atoms in total. The molecule has 0 aliphatic carbocycles. The summed E-state index contributed by atoms with van der Waals surface area (Å²) in [5.74, 6) is -3.88. The van der Waals surface area contributed by atoms with Crippen molar-refractivity contribution in [3.63, 3.8) is 0 Å². The highest BCUT2D eigenvalue weighted by Gasteiger charge is 2.31. The van der Waals surface area contributed by atoms with E-state index in [9.17, 15) is 9.36 Å². The first-order chi connectivity index (χ1) is 10.4. The Labute approximate surface area is 141 Å². The van der Waals surface area contributed by atoms with Crippen molar-refractivity contribution in [2.45, 2.75) is 33.8 Å². The Bertz CT molecular complexity index is 512. The van der Waals surface area contributed by atoms with Crippen molar-refractivity contribution in [3.8, 4) is 5.19 Å². The topological polar surface area (TPSA) is 84.0 Å². The van der Waals surface area contributed by atoms with Gasteiger partial charge in [0, 0.05) is 5.38 Å². The minimum Gasteiger partial charge on any atom is -0.458 e. The SMILES string of the molecule is CCOSP(=O)(Oc1nc(C(=O)OC(C)C)cs1)SOCC. The van der Waals surface area contributed by atoms with E-state index >= 15 is 0 Å². The zero-order chi connectivity index (χ0) is 16.6. The molecule has 0 atom stereocenters. The Morgan fingerprint density at radius 2 is 1.91 bits per heavy atom. The molecule has 1 rings (SSSR count). The second kappa shape index (κ2) is 9.79. The fourth-order valence-corrected chi connectivity index (χ4v) is 6.20. The molecule has 126 valence electrons. The lowest BCUT2D eigenvalue weighted by Crippen LogP contribution is -2.11. The van der Waals surface area contributed by atoms with Crippen molar-refractivity contribution in [1.29, 1.82) is 0 Å². The Morgan fingerprint density at radius 3 is 2.41 bits per heavy atom. The molecule has 0 N–H and O–H groups in total. The van der Waals surface area contributed by atoms with Crippen molar-refractivity contribution in [1.82, 2.24) is 4.98 Å². The number of carbonyl (C=O) groups is 1. The van der Waals surface area contributed by atoms with Gasteiger partial charge in [0.2, 0.25) is 0 Å². The lowest BCUT2D eigenvalue weighted by Gasteiger charge is -2.13. The molecule has 0 saturated carbocycles. The number of carbonyl (C=O) groups excluding carboxylic acids is 1. The van der Waals surface area contributed by atoms with E-state index in [1.54, 1.807) is 27.7 Å². The Balaban J connectivity index is 2.75. The van der Waals surface area contributed by atoms with Crippen LogP contribution >= 0.6 is 40.4 Å². The zero-order valence-electron chi connectivity index (χ0n) is 12.6. The number of esters is 1. The molecule has 0 aromatic carbocycles. The maximum atomic E-state index is 12.6. The van der Waals surface area contributed by atoms with Gasteiger partial charge in [0.1, 0.15) is 23.3 Å². The van der Waals surface area contributed by atoms with Crippen LogP contribution in [0.3, 0.4) is 0 Å². The number of hydrogen-bond donors (Lipinski definition) is 0. The predicted octanol–water partition coefficient (Wildman–Crippen LogP) is 4.56. The van der Waals surface area contributed by atoms with Crippen LogP contribution < -0.4 is 4.52 Å². The fraction of sp³-hybridized carbons (Fsp3) is 0.636. The van der Waals surface area contributed by atoms with Gasteiger partial charge >= 0.3 is 11.7 Å². The molecule has 0 aliphatic heterocycles. The van der Waals surface area contributed by atoms with E-state index in [0.29, 0.717) is 36.5 Å². The summed E-state index contributed by atoms with van der Waals surface area (Å²) in [6.07, 6.45) is -0.244. The molecule has 0 saturated heterocycles. The van der Waals surface area contributed by atoms with Crippen molar-refractivity contribution >= 4 is 46.4 Å². The maximum absolute atomic E-state index is 12.6. The third-order valence-corrected chi connectivity index (χ3v) is 7.30.